The molecule has 0 aliphatic carbocycles. The lowest BCUT2D eigenvalue weighted by molar-refractivity contribution is -0.104. The van der Waals surface area contributed by atoms with Gasteiger partial charge < -0.3 is 26.0 Å². The van der Waals surface area contributed by atoms with Crippen LogP contribution in [0.1, 0.15) is 23.7 Å². The Balaban J connectivity index is 1.90. The molecule has 35 heavy (non-hydrogen) atoms. The molecule has 186 valence electrons. The third kappa shape index (κ3) is 4.88. The molecule has 1 aliphatic rings. The zero-order valence-electron chi connectivity index (χ0n) is 20.2. The number of fused-ring (bicyclic) bond motifs is 2. The van der Waals surface area contributed by atoms with E-state index in [0.717, 1.165) is 18.7 Å². The highest BCUT2D eigenvalue weighted by Crippen LogP contribution is 2.43. The number of rotatable bonds is 9. The molecule has 3 aromatic rings. The molecule has 9 nitrogen and oxygen atoms in total. The van der Waals surface area contributed by atoms with Crippen LogP contribution < -0.4 is 10.6 Å². The number of ketones is 1. The average molecular weight is 481 g/mol. The largest absolute Gasteiger partial charge is 0.507 e. The maximum Gasteiger partial charge on any atom is 0.226 e. The lowest BCUT2D eigenvalue weighted by atomic mass is 9.91. The molecule has 2 atom stereocenters. The van der Waals surface area contributed by atoms with E-state index in [1.165, 1.54) is 12.1 Å². The number of hydrogen-bond donors (Lipinski definition) is 5. The summed E-state index contributed by atoms with van der Waals surface area (Å²) in [6, 6.07) is 8.14. The molecule has 0 radical (unpaired) electrons. The Hall–Kier alpha value is -3.40. The summed E-state index contributed by atoms with van der Waals surface area (Å²) >= 11 is 0. The van der Waals surface area contributed by atoms with Crippen LogP contribution in [0.4, 0.5) is 11.4 Å². The van der Waals surface area contributed by atoms with Gasteiger partial charge in [0.1, 0.15) is 11.5 Å². The van der Waals surface area contributed by atoms with Gasteiger partial charge in [-0.05, 0) is 57.8 Å². The summed E-state index contributed by atoms with van der Waals surface area (Å²) in [5.74, 6) is -1.08. The maximum absolute atomic E-state index is 13.0. The summed E-state index contributed by atoms with van der Waals surface area (Å²) < 4.78 is 0. The summed E-state index contributed by atoms with van der Waals surface area (Å²) in [6.45, 7) is 4.69. The number of likely N-dealkylation sites (tertiary alicyclic amines) is 1. The van der Waals surface area contributed by atoms with Gasteiger partial charge in [-0.2, -0.15) is 0 Å². The molecule has 9 heteroatoms. The Bertz CT molecular complexity index is 1280. The smallest absolute Gasteiger partial charge is 0.226 e. The first-order valence-corrected chi connectivity index (χ1v) is 11.7. The number of nitrogens with zero attached hydrogens (tertiary/aromatic N) is 2. The summed E-state index contributed by atoms with van der Waals surface area (Å²) in [4.78, 5) is 28.8. The summed E-state index contributed by atoms with van der Waals surface area (Å²) in [5, 5.41) is 39.4. The zero-order chi connectivity index (χ0) is 25.3. The fourth-order valence-electron chi connectivity index (χ4n) is 4.61. The number of aromatic hydroxyl groups is 2. The van der Waals surface area contributed by atoms with Crippen LogP contribution in [-0.2, 0) is 4.79 Å². The van der Waals surface area contributed by atoms with Crippen molar-refractivity contribution in [2.24, 2.45) is 0 Å². The van der Waals surface area contributed by atoms with Crippen LogP contribution in [0, 0.1) is 0 Å². The third-order valence-corrected chi connectivity index (χ3v) is 6.72. The van der Waals surface area contributed by atoms with Gasteiger partial charge in [-0.3, -0.25) is 19.4 Å². The lowest BCUT2D eigenvalue weighted by Crippen LogP contribution is -2.32. The minimum absolute atomic E-state index is 0.0427. The third-order valence-electron chi connectivity index (χ3n) is 6.72. The molecule has 1 aliphatic heterocycles. The number of carbonyl (C=O) groups is 2. The van der Waals surface area contributed by atoms with Crippen molar-refractivity contribution in [3.63, 3.8) is 0 Å². The number of phenolic OH excluding ortho intramolecular Hbond substituents is 2. The van der Waals surface area contributed by atoms with Gasteiger partial charge in [-0.25, -0.2) is 0 Å². The number of benzene rings is 3. The van der Waals surface area contributed by atoms with E-state index in [4.69, 9.17) is 0 Å². The zero-order valence-corrected chi connectivity index (χ0v) is 20.2. The highest BCUT2D eigenvalue weighted by atomic mass is 16.3. The fourth-order valence-corrected chi connectivity index (χ4v) is 4.61. The van der Waals surface area contributed by atoms with Crippen LogP contribution in [0.15, 0.2) is 30.3 Å². The van der Waals surface area contributed by atoms with Gasteiger partial charge >= 0.3 is 0 Å². The predicted octanol–water partition coefficient (Wildman–Crippen LogP) is 2.58. The fraction of sp³-hybridized carbons (Fsp3) is 0.385. The monoisotopic (exact) mass is 480 g/mol. The maximum atomic E-state index is 13.0. The van der Waals surface area contributed by atoms with E-state index < -0.39 is 5.78 Å². The number of anilines is 2. The number of nitrogens with one attached hydrogen (secondary N) is 2. The second-order valence-corrected chi connectivity index (χ2v) is 9.30. The highest BCUT2D eigenvalue weighted by Gasteiger charge is 2.24. The molecule has 0 spiro atoms. The lowest BCUT2D eigenvalue weighted by Gasteiger charge is -2.25. The SMILES string of the molecule is CC(Nc1ccc(NCCN2CCC(O)C2)c2c(C(=O)C=O)c3c(O)ccc(O)c3cc12)N(C)C. The van der Waals surface area contributed by atoms with E-state index in [1.807, 2.05) is 38.1 Å². The summed E-state index contributed by atoms with van der Waals surface area (Å²) in [6.07, 6.45) is 0.631. The minimum atomic E-state index is -0.787. The van der Waals surface area contributed by atoms with Gasteiger partial charge in [0.05, 0.1) is 12.3 Å². The Kier molecular flexibility index (Phi) is 7.11. The average Bonchev–Trinajstić information content (AvgIpc) is 3.25. The topological polar surface area (TPSA) is 125 Å². The van der Waals surface area contributed by atoms with E-state index in [1.54, 1.807) is 6.07 Å². The van der Waals surface area contributed by atoms with Gasteiger partial charge in [0.15, 0.2) is 6.29 Å². The standard InChI is InChI=1S/C26H32N4O5/c1-15(29(2)3)28-19-4-5-20(27-9-11-30-10-8-16(32)13-30)24-17(19)12-18-21(33)6-7-22(34)25(18)26(24)23(35)14-31/h4-7,12,14-16,27-28,32-34H,8-11,13H2,1-3H3. The second-order valence-electron chi connectivity index (χ2n) is 9.30. The van der Waals surface area contributed by atoms with Gasteiger partial charge in [0, 0.05) is 64.7 Å². The van der Waals surface area contributed by atoms with Crippen LogP contribution in [0.2, 0.25) is 0 Å². The first kappa shape index (κ1) is 24.7. The van der Waals surface area contributed by atoms with Crippen molar-refractivity contribution in [3.8, 4) is 11.5 Å². The molecule has 4 rings (SSSR count). The van der Waals surface area contributed by atoms with E-state index >= 15 is 0 Å². The number of aliphatic hydroxyl groups is 1. The molecular formula is C26H32N4O5. The molecule has 0 aromatic heterocycles. The Morgan fingerprint density at radius 1 is 1.14 bits per heavy atom. The van der Waals surface area contributed by atoms with Gasteiger partial charge in [-0.1, -0.05) is 0 Å². The van der Waals surface area contributed by atoms with Gasteiger partial charge in [0.2, 0.25) is 5.78 Å². The molecule has 2 unspecified atom stereocenters. The normalized spacial score (nSPS) is 17.2. The molecule has 5 N–H and O–H groups in total. The van der Waals surface area contributed by atoms with E-state index in [0.29, 0.717) is 36.1 Å². The predicted molar refractivity (Wildman–Crippen MR) is 138 cm³/mol. The van der Waals surface area contributed by atoms with Crippen LogP contribution in [0.5, 0.6) is 11.5 Å². The number of phenols is 2. The quantitative estimate of drug-likeness (QED) is 0.0785. The van der Waals surface area contributed by atoms with Crippen molar-refractivity contribution in [2.45, 2.75) is 25.6 Å². The van der Waals surface area contributed by atoms with Crippen molar-refractivity contribution in [2.75, 3.05) is 50.9 Å². The molecule has 0 bridgehead atoms. The number of carbonyl (C=O) groups excluding carboxylic acids is 2. The van der Waals surface area contributed by atoms with Crippen molar-refractivity contribution >= 4 is 45.0 Å². The van der Waals surface area contributed by atoms with Gasteiger partial charge in [0.25, 0.3) is 0 Å². The molecular weight excluding hydrogens is 448 g/mol. The first-order chi connectivity index (χ1) is 16.7. The summed E-state index contributed by atoms with van der Waals surface area (Å²) in [7, 11) is 3.87. The number of aliphatic hydroxyl groups excluding tert-OH is 1. The minimum Gasteiger partial charge on any atom is -0.507 e. The first-order valence-electron chi connectivity index (χ1n) is 11.7. The molecule has 3 aromatic carbocycles. The number of aldehydes is 1. The summed E-state index contributed by atoms with van der Waals surface area (Å²) in [5.41, 5.74) is 1.40. The van der Waals surface area contributed by atoms with Crippen LogP contribution in [0.25, 0.3) is 21.5 Å². The molecule has 0 amide bonds. The highest BCUT2D eigenvalue weighted by molar-refractivity contribution is 6.41. The van der Waals surface area contributed by atoms with Crippen LogP contribution in [-0.4, -0.2) is 89.7 Å². The number of Topliss-reactive ketones (excluding diaryl/α,β-unsaturated/α-hetero) is 1. The van der Waals surface area contributed by atoms with E-state index in [2.05, 4.69) is 15.5 Å². The second kappa shape index (κ2) is 10.1. The molecule has 0 saturated carbocycles. The van der Waals surface area contributed by atoms with Crippen molar-refractivity contribution in [3.05, 3.63) is 35.9 Å². The van der Waals surface area contributed by atoms with E-state index in [9.17, 15) is 24.9 Å². The molecule has 1 fully saturated rings. The molecule has 1 saturated heterocycles. The Morgan fingerprint density at radius 2 is 1.86 bits per heavy atom. The Morgan fingerprint density at radius 3 is 2.51 bits per heavy atom. The van der Waals surface area contributed by atoms with Crippen LogP contribution in [0.3, 0.4) is 0 Å². The number of hydrogen-bond acceptors (Lipinski definition) is 9. The number of β-amino-alcohol motifs (C(OH)–C–C–N with tert-alkyl or cyclic N) is 1. The van der Waals surface area contributed by atoms with E-state index in [-0.39, 0.29) is 46.4 Å². The van der Waals surface area contributed by atoms with Crippen LogP contribution >= 0.6 is 0 Å². The van der Waals surface area contributed by atoms with Crippen molar-refractivity contribution in [1.82, 2.24) is 9.80 Å². The Labute approximate surface area is 203 Å². The molecule has 1 heterocycles. The van der Waals surface area contributed by atoms with Crippen molar-refractivity contribution < 1.29 is 24.9 Å². The van der Waals surface area contributed by atoms with Crippen molar-refractivity contribution in [1.29, 1.82) is 0 Å². The van der Waals surface area contributed by atoms with Gasteiger partial charge in [-0.15, -0.1) is 0 Å².